The predicted molar refractivity (Wildman–Crippen MR) is 109 cm³/mol. The van der Waals surface area contributed by atoms with E-state index in [1.807, 2.05) is 6.20 Å². The largest absolute Gasteiger partial charge is 0.304 e. The number of benzene rings is 2. The highest BCUT2D eigenvalue weighted by molar-refractivity contribution is 7.98. The first-order chi connectivity index (χ1) is 12.7. The van der Waals surface area contributed by atoms with Crippen LogP contribution in [-0.2, 0) is 0 Å². The van der Waals surface area contributed by atoms with Gasteiger partial charge in [-0.25, -0.2) is 15.0 Å². The van der Waals surface area contributed by atoms with E-state index < -0.39 is 0 Å². The quantitative estimate of drug-likeness (QED) is 0.713. The second-order valence-electron chi connectivity index (χ2n) is 6.60. The molecule has 5 nitrogen and oxygen atoms in total. The number of piperazine rings is 1. The summed E-state index contributed by atoms with van der Waals surface area (Å²) in [6.45, 7) is 4.06. The molecule has 6 heteroatoms. The van der Waals surface area contributed by atoms with Crippen molar-refractivity contribution in [3.05, 3.63) is 48.7 Å². The lowest BCUT2D eigenvalue weighted by Crippen LogP contribution is -2.47. The standard InChI is InChI=1S/C20H23N5S/c1-24-8-10-25(11-9-24)23-20-21-14-17-12-16(6-7-19(17)22-20)15-4-3-5-18(13-15)26-2/h3-7,12-14H,8-11H2,1-2H3,(H,21,22,23). The maximum absolute atomic E-state index is 4.68. The Labute approximate surface area is 158 Å². The van der Waals surface area contributed by atoms with Crippen LogP contribution in [0.15, 0.2) is 53.6 Å². The molecule has 134 valence electrons. The van der Waals surface area contributed by atoms with E-state index in [-0.39, 0.29) is 0 Å². The van der Waals surface area contributed by atoms with Crippen molar-refractivity contribution in [3.63, 3.8) is 0 Å². The van der Waals surface area contributed by atoms with Gasteiger partial charge in [-0.3, -0.25) is 5.43 Å². The molecule has 0 spiro atoms. The molecule has 1 aliphatic heterocycles. The van der Waals surface area contributed by atoms with Gasteiger partial charge in [0.2, 0.25) is 5.95 Å². The van der Waals surface area contributed by atoms with Crippen LogP contribution in [-0.4, -0.2) is 59.4 Å². The highest BCUT2D eigenvalue weighted by atomic mass is 32.2. The zero-order valence-corrected chi connectivity index (χ0v) is 16.0. The number of nitrogens with zero attached hydrogens (tertiary/aromatic N) is 4. The van der Waals surface area contributed by atoms with E-state index >= 15 is 0 Å². The normalized spacial score (nSPS) is 16.1. The number of hydrogen-bond acceptors (Lipinski definition) is 6. The Morgan fingerprint density at radius 3 is 2.62 bits per heavy atom. The van der Waals surface area contributed by atoms with Crippen LogP contribution >= 0.6 is 11.8 Å². The van der Waals surface area contributed by atoms with Crippen LogP contribution in [0.4, 0.5) is 5.95 Å². The van der Waals surface area contributed by atoms with E-state index in [1.54, 1.807) is 11.8 Å². The number of thioether (sulfide) groups is 1. The third kappa shape index (κ3) is 3.82. The maximum Gasteiger partial charge on any atom is 0.238 e. The van der Waals surface area contributed by atoms with Crippen molar-refractivity contribution in [3.8, 4) is 11.1 Å². The van der Waals surface area contributed by atoms with Gasteiger partial charge in [0, 0.05) is 42.7 Å². The topological polar surface area (TPSA) is 44.3 Å². The highest BCUT2D eigenvalue weighted by Gasteiger charge is 2.14. The SMILES string of the molecule is CSc1cccc(-c2ccc3nc(NN4CCN(C)CC4)ncc3c2)c1. The van der Waals surface area contributed by atoms with Crippen LogP contribution in [0.1, 0.15) is 0 Å². The molecule has 0 radical (unpaired) electrons. The summed E-state index contributed by atoms with van der Waals surface area (Å²) in [7, 11) is 2.15. The lowest BCUT2D eigenvalue weighted by Gasteiger charge is -2.32. The number of likely N-dealkylation sites (N-methyl/N-ethyl adjacent to an activating group) is 1. The Morgan fingerprint density at radius 1 is 1.00 bits per heavy atom. The van der Waals surface area contributed by atoms with E-state index in [4.69, 9.17) is 0 Å². The van der Waals surface area contributed by atoms with Crippen molar-refractivity contribution in [2.75, 3.05) is 44.9 Å². The summed E-state index contributed by atoms with van der Waals surface area (Å²) in [6, 6.07) is 15.0. The van der Waals surface area contributed by atoms with E-state index in [9.17, 15) is 0 Å². The van der Waals surface area contributed by atoms with Crippen molar-refractivity contribution < 1.29 is 0 Å². The zero-order chi connectivity index (χ0) is 17.9. The minimum atomic E-state index is 0.666. The van der Waals surface area contributed by atoms with Gasteiger partial charge in [-0.05, 0) is 48.7 Å². The first kappa shape index (κ1) is 17.3. The molecule has 2 heterocycles. The molecule has 1 aromatic heterocycles. The van der Waals surface area contributed by atoms with Crippen molar-refractivity contribution in [1.82, 2.24) is 19.9 Å². The zero-order valence-electron chi connectivity index (χ0n) is 15.1. The van der Waals surface area contributed by atoms with Crippen LogP contribution in [0.3, 0.4) is 0 Å². The van der Waals surface area contributed by atoms with Gasteiger partial charge in [0.25, 0.3) is 0 Å². The molecule has 0 bridgehead atoms. The monoisotopic (exact) mass is 365 g/mol. The molecule has 1 aliphatic rings. The number of aromatic nitrogens is 2. The number of hydrogen-bond donors (Lipinski definition) is 1. The second-order valence-corrected chi connectivity index (χ2v) is 7.48. The maximum atomic E-state index is 4.68. The van der Waals surface area contributed by atoms with Crippen molar-refractivity contribution in [2.45, 2.75) is 4.90 Å². The summed E-state index contributed by atoms with van der Waals surface area (Å²) in [4.78, 5) is 12.8. The van der Waals surface area contributed by atoms with Gasteiger partial charge in [0.1, 0.15) is 0 Å². The molecule has 3 aromatic rings. The van der Waals surface area contributed by atoms with E-state index in [2.05, 4.69) is 81.1 Å². The summed E-state index contributed by atoms with van der Waals surface area (Å²) in [5.74, 6) is 0.666. The van der Waals surface area contributed by atoms with Crippen molar-refractivity contribution in [2.24, 2.45) is 0 Å². The summed E-state index contributed by atoms with van der Waals surface area (Å²) in [5.41, 5.74) is 6.71. The lowest BCUT2D eigenvalue weighted by molar-refractivity contribution is 0.178. The fourth-order valence-electron chi connectivity index (χ4n) is 3.13. The highest BCUT2D eigenvalue weighted by Crippen LogP contribution is 2.27. The minimum Gasteiger partial charge on any atom is -0.304 e. The third-order valence-electron chi connectivity index (χ3n) is 4.74. The van der Waals surface area contributed by atoms with Gasteiger partial charge in [0.05, 0.1) is 5.52 Å². The Balaban J connectivity index is 1.56. The number of anilines is 1. The smallest absolute Gasteiger partial charge is 0.238 e. The number of rotatable bonds is 4. The van der Waals surface area contributed by atoms with Gasteiger partial charge >= 0.3 is 0 Å². The van der Waals surface area contributed by atoms with Crippen molar-refractivity contribution >= 4 is 28.6 Å². The Morgan fingerprint density at radius 2 is 1.81 bits per heavy atom. The third-order valence-corrected chi connectivity index (χ3v) is 5.47. The predicted octanol–water partition coefficient (Wildman–Crippen LogP) is 3.59. The van der Waals surface area contributed by atoms with Gasteiger partial charge in [-0.1, -0.05) is 18.2 Å². The van der Waals surface area contributed by atoms with E-state index in [0.29, 0.717) is 5.95 Å². The number of hydrazine groups is 1. The first-order valence-corrected chi connectivity index (χ1v) is 10.0. The summed E-state index contributed by atoms with van der Waals surface area (Å²) in [5, 5.41) is 3.24. The summed E-state index contributed by atoms with van der Waals surface area (Å²) < 4.78 is 0. The Bertz CT molecular complexity index is 906. The van der Waals surface area contributed by atoms with Crippen LogP contribution in [0.5, 0.6) is 0 Å². The molecular weight excluding hydrogens is 342 g/mol. The Kier molecular flexibility index (Phi) is 5.06. The average molecular weight is 366 g/mol. The summed E-state index contributed by atoms with van der Waals surface area (Å²) in [6.07, 6.45) is 4.00. The lowest BCUT2D eigenvalue weighted by atomic mass is 10.0. The number of fused-ring (bicyclic) bond motifs is 1. The Hall–Kier alpha value is -2.15. The van der Waals surface area contributed by atoms with Gasteiger partial charge in [0.15, 0.2) is 0 Å². The average Bonchev–Trinajstić information content (AvgIpc) is 2.69. The fourth-order valence-corrected chi connectivity index (χ4v) is 3.59. The van der Waals surface area contributed by atoms with Crippen LogP contribution < -0.4 is 5.43 Å². The summed E-state index contributed by atoms with van der Waals surface area (Å²) >= 11 is 1.76. The molecule has 2 aromatic carbocycles. The molecule has 1 saturated heterocycles. The molecule has 0 atom stereocenters. The van der Waals surface area contributed by atoms with Crippen LogP contribution in [0, 0.1) is 0 Å². The molecule has 1 fully saturated rings. The molecule has 1 N–H and O–H groups in total. The molecule has 4 rings (SSSR count). The molecule has 0 saturated carbocycles. The van der Waals surface area contributed by atoms with Crippen LogP contribution in [0.2, 0.25) is 0 Å². The molecular formula is C20H23N5S. The number of nitrogens with one attached hydrogen (secondary N) is 1. The second kappa shape index (κ2) is 7.61. The molecule has 0 unspecified atom stereocenters. The first-order valence-electron chi connectivity index (χ1n) is 8.83. The van der Waals surface area contributed by atoms with Crippen molar-refractivity contribution in [1.29, 1.82) is 0 Å². The van der Waals surface area contributed by atoms with Gasteiger partial charge in [-0.15, -0.1) is 11.8 Å². The minimum absolute atomic E-state index is 0.666. The molecule has 0 aliphatic carbocycles. The van der Waals surface area contributed by atoms with Gasteiger partial charge < -0.3 is 4.90 Å². The fraction of sp³-hybridized carbons (Fsp3) is 0.300. The van der Waals surface area contributed by atoms with E-state index in [0.717, 1.165) is 37.1 Å². The molecule has 0 amide bonds. The van der Waals surface area contributed by atoms with Gasteiger partial charge in [-0.2, -0.15) is 0 Å². The van der Waals surface area contributed by atoms with E-state index in [1.165, 1.54) is 16.0 Å². The van der Waals surface area contributed by atoms with Crippen LogP contribution in [0.25, 0.3) is 22.0 Å². The molecule has 26 heavy (non-hydrogen) atoms.